The highest BCUT2D eigenvalue weighted by atomic mass is 35.5. The molecule has 0 bridgehead atoms. The zero-order valence-electron chi connectivity index (χ0n) is 11.0. The summed E-state index contributed by atoms with van der Waals surface area (Å²) in [4.78, 5) is 3.88. The van der Waals surface area contributed by atoms with E-state index in [1.54, 1.807) is 16.8 Å². The lowest BCUT2D eigenvalue weighted by molar-refractivity contribution is 0.768. The van der Waals surface area contributed by atoms with Gasteiger partial charge in [-0.2, -0.15) is 10.2 Å². The van der Waals surface area contributed by atoms with Crippen LogP contribution in [-0.4, -0.2) is 24.4 Å². The summed E-state index contributed by atoms with van der Waals surface area (Å²) >= 11 is 5.95. The zero-order valence-corrected chi connectivity index (χ0v) is 8.76. The van der Waals surface area contributed by atoms with Crippen LogP contribution < -0.4 is 0 Å². The molecule has 0 atom stereocenters. The van der Waals surface area contributed by atoms with Gasteiger partial charge in [-0.05, 0) is 6.07 Å². The average Bonchev–Trinajstić information content (AvgIpc) is 2.94. The predicted molar refractivity (Wildman–Crippen MR) is 60.2 cm³/mol. The maximum absolute atomic E-state index is 7.28. The minimum atomic E-state index is -2.28. The molecule has 3 heterocycles. The Morgan fingerprint density at radius 3 is 3.00 bits per heavy atom. The second kappa shape index (κ2) is 3.31. The van der Waals surface area contributed by atoms with E-state index in [1.807, 2.05) is 0 Å². The van der Waals surface area contributed by atoms with Crippen LogP contribution >= 0.6 is 11.6 Å². The van der Waals surface area contributed by atoms with Crippen LogP contribution in [0, 0.1) is 0 Å². The Hall–Kier alpha value is -1.88. The minimum Gasteiger partial charge on any atom is -0.275 e. The van der Waals surface area contributed by atoms with Crippen molar-refractivity contribution in [3.8, 4) is 11.1 Å². The zero-order chi connectivity index (χ0) is 13.6. The van der Waals surface area contributed by atoms with E-state index < -0.39 is 6.98 Å². The van der Waals surface area contributed by atoms with E-state index in [4.69, 9.17) is 15.7 Å². The first-order valence-electron chi connectivity index (χ1n) is 5.99. The topological polar surface area (TPSA) is 48.0 Å². The van der Waals surface area contributed by atoms with Crippen LogP contribution in [0.4, 0.5) is 0 Å². The van der Waals surface area contributed by atoms with Gasteiger partial charge in [0, 0.05) is 34.6 Å². The van der Waals surface area contributed by atoms with E-state index in [0.29, 0.717) is 16.2 Å². The van der Waals surface area contributed by atoms with Crippen molar-refractivity contribution in [3.63, 3.8) is 0 Å². The van der Waals surface area contributed by atoms with Gasteiger partial charge in [0.1, 0.15) is 11.8 Å². The highest BCUT2D eigenvalue weighted by molar-refractivity contribution is 6.32. The molecule has 3 aromatic rings. The van der Waals surface area contributed by atoms with Crippen LogP contribution in [0.15, 0.2) is 31.0 Å². The number of nitrogens with zero attached hydrogens (tertiary/aromatic N) is 5. The number of hydrogen-bond acceptors (Lipinski definition) is 3. The van der Waals surface area contributed by atoms with E-state index in [9.17, 15) is 0 Å². The largest absolute Gasteiger partial charge is 0.275 e. The van der Waals surface area contributed by atoms with E-state index in [2.05, 4.69) is 15.2 Å². The second-order valence-corrected chi connectivity index (χ2v) is 3.64. The second-order valence-electron chi connectivity index (χ2n) is 3.28. The molecule has 0 amide bonds. The van der Waals surface area contributed by atoms with Gasteiger partial charge in [0.15, 0.2) is 5.15 Å². The molecule has 0 fully saturated rings. The Kier molecular flexibility index (Phi) is 1.38. The third-order valence-electron chi connectivity index (χ3n) is 2.27. The summed E-state index contributed by atoms with van der Waals surface area (Å²) in [6.07, 6.45) is 6.04. The van der Waals surface area contributed by atoms with Gasteiger partial charge < -0.3 is 0 Å². The lowest BCUT2D eigenvalue weighted by Crippen LogP contribution is -1.90. The quantitative estimate of drug-likeness (QED) is 0.647. The maximum Gasteiger partial charge on any atom is 0.156 e. The molecule has 16 heavy (non-hydrogen) atoms. The summed E-state index contributed by atoms with van der Waals surface area (Å²) in [7, 11) is 0. The molecule has 0 spiro atoms. The standard InChI is InChI=1S/C10H8ClN5/c1-15-4-8(3-13-15)7-2-9-10(11)12-6-14-16(9)5-7/h2-6H,1H3/i1D3. The normalized spacial score (nSPS) is 14.7. The van der Waals surface area contributed by atoms with Crippen LogP contribution in [0.25, 0.3) is 16.6 Å². The summed E-state index contributed by atoms with van der Waals surface area (Å²) in [5.41, 5.74) is 2.11. The fourth-order valence-corrected chi connectivity index (χ4v) is 1.71. The number of hydrogen-bond donors (Lipinski definition) is 0. The summed E-state index contributed by atoms with van der Waals surface area (Å²) in [6.45, 7) is -2.28. The third kappa shape index (κ3) is 1.37. The molecule has 0 saturated heterocycles. The van der Waals surface area contributed by atoms with E-state index in [0.717, 1.165) is 10.2 Å². The molecule has 0 unspecified atom stereocenters. The molecule has 0 aliphatic rings. The van der Waals surface area contributed by atoms with Crippen molar-refractivity contribution in [2.75, 3.05) is 0 Å². The van der Waals surface area contributed by atoms with Crippen molar-refractivity contribution in [2.24, 2.45) is 6.98 Å². The third-order valence-corrected chi connectivity index (χ3v) is 2.57. The summed E-state index contributed by atoms with van der Waals surface area (Å²) in [6, 6.07) is 1.78. The van der Waals surface area contributed by atoms with Crippen molar-refractivity contribution in [3.05, 3.63) is 36.1 Å². The van der Waals surface area contributed by atoms with Crippen LogP contribution in [0.5, 0.6) is 0 Å². The summed E-state index contributed by atoms with van der Waals surface area (Å²) in [5, 5.41) is 8.20. The molecule has 0 radical (unpaired) electrons. The van der Waals surface area contributed by atoms with Crippen LogP contribution in [0.1, 0.15) is 4.11 Å². The number of fused-ring (bicyclic) bond motifs is 1. The highest BCUT2D eigenvalue weighted by Crippen LogP contribution is 2.24. The fraction of sp³-hybridized carbons (Fsp3) is 0.100. The molecule has 0 aromatic carbocycles. The first-order chi connectivity index (χ1) is 8.95. The van der Waals surface area contributed by atoms with Gasteiger partial charge in [-0.1, -0.05) is 11.6 Å². The molecule has 0 saturated carbocycles. The Balaban J connectivity index is 2.09. The Bertz CT molecular complexity index is 745. The van der Waals surface area contributed by atoms with Crippen LogP contribution in [-0.2, 0) is 6.98 Å². The van der Waals surface area contributed by atoms with E-state index >= 15 is 0 Å². The van der Waals surface area contributed by atoms with E-state index in [-0.39, 0.29) is 0 Å². The predicted octanol–water partition coefficient (Wildman–Crippen LogP) is 1.78. The molecular weight excluding hydrogens is 226 g/mol. The fourth-order valence-electron chi connectivity index (χ4n) is 1.53. The van der Waals surface area contributed by atoms with Crippen molar-refractivity contribution in [1.82, 2.24) is 24.4 Å². The number of aromatic nitrogens is 5. The van der Waals surface area contributed by atoms with Crippen molar-refractivity contribution in [1.29, 1.82) is 0 Å². The Morgan fingerprint density at radius 2 is 2.25 bits per heavy atom. The minimum absolute atomic E-state index is 0.337. The number of rotatable bonds is 1. The monoisotopic (exact) mass is 236 g/mol. The smallest absolute Gasteiger partial charge is 0.156 e. The van der Waals surface area contributed by atoms with Gasteiger partial charge in [0.05, 0.1) is 6.20 Å². The SMILES string of the molecule is [2H]C([2H])([2H])n1cc(-c2cc3c(Cl)ncnn3c2)cn1. The molecule has 3 rings (SSSR count). The van der Waals surface area contributed by atoms with Gasteiger partial charge in [-0.25, -0.2) is 9.50 Å². The lowest BCUT2D eigenvalue weighted by atomic mass is 10.2. The summed E-state index contributed by atoms with van der Waals surface area (Å²) < 4.78 is 24.3. The Labute approximate surface area is 101 Å². The molecule has 0 N–H and O–H groups in total. The van der Waals surface area contributed by atoms with Gasteiger partial charge in [-0.3, -0.25) is 4.68 Å². The van der Waals surface area contributed by atoms with E-state index in [1.165, 1.54) is 18.7 Å². The first kappa shape index (κ1) is 6.65. The molecule has 6 heteroatoms. The molecule has 0 aliphatic heterocycles. The first-order valence-corrected chi connectivity index (χ1v) is 4.87. The Morgan fingerprint density at radius 1 is 1.31 bits per heavy atom. The molecule has 5 nitrogen and oxygen atoms in total. The molecule has 80 valence electrons. The van der Waals surface area contributed by atoms with Crippen LogP contribution in [0.3, 0.4) is 0 Å². The van der Waals surface area contributed by atoms with Crippen molar-refractivity contribution in [2.45, 2.75) is 0 Å². The van der Waals surface area contributed by atoms with Gasteiger partial charge in [0.2, 0.25) is 0 Å². The van der Waals surface area contributed by atoms with Crippen molar-refractivity contribution >= 4 is 17.1 Å². The summed E-state index contributed by atoms with van der Waals surface area (Å²) in [5.74, 6) is 0. The molecule has 0 aliphatic carbocycles. The maximum atomic E-state index is 7.28. The molecule has 3 aromatic heterocycles. The van der Waals surface area contributed by atoms with Crippen LogP contribution in [0.2, 0.25) is 5.15 Å². The highest BCUT2D eigenvalue weighted by Gasteiger charge is 2.07. The number of aryl methyl sites for hydroxylation is 1. The average molecular weight is 237 g/mol. The van der Waals surface area contributed by atoms with Crippen molar-refractivity contribution < 1.29 is 4.11 Å². The van der Waals surface area contributed by atoms with Gasteiger partial charge in [-0.15, -0.1) is 0 Å². The van der Waals surface area contributed by atoms with Gasteiger partial charge in [0.25, 0.3) is 0 Å². The molecular formula is C10H8ClN5. The lowest BCUT2D eigenvalue weighted by Gasteiger charge is -1.91. The number of halogens is 1. The van der Waals surface area contributed by atoms with Gasteiger partial charge >= 0.3 is 0 Å².